The topological polar surface area (TPSA) is 177 Å². The van der Waals surface area contributed by atoms with Gasteiger partial charge in [0.15, 0.2) is 0 Å². The lowest BCUT2D eigenvalue weighted by molar-refractivity contribution is -0.148. The van der Waals surface area contributed by atoms with Gasteiger partial charge >= 0.3 is 5.97 Å². The van der Waals surface area contributed by atoms with Gasteiger partial charge in [0.05, 0.1) is 5.92 Å². The number of carbonyl (C=O) groups excluding carboxylic acids is 6. The Hall–Kier alpha value is -4.84. The number of benzene rings is 2. The van der Waals surface area contributed by atoms with Crippen molar-refractivity contribution < 1.29 is 33.5 Å². The maximum absolute atomic E-state index is 13.6. The highest BCUT2D eigenvalue weighted by Crippen LogP contribution is 2.14. The number of imide groups is 1. The summed E-state index contributed by atoms with van der Waals surface area (Å²) in [5, 5.41) is 8.54. The number of esters is 1. The molecule has 0 saturated heterocycles. The van der Waals surface area contributed by atoms with Crippen molar-refractivity contribution in [2.45, 2.75) is 83.9 Å². The second kappa shape index (κ2) is 19.7. The van der Waals surface area contributed by atoms with Crippen molar-refractivity contribution in [2.75, 3.05) is 18.4 Å². The first-order valence-electron chi connectivity index (χ1n) is 16.5. The number of hydrogen-bond acceptors (Lipinski definition) is 8. The molecule has 258 valence electrons. The molecule has 2 aromatic carbocycles. The van der Waals surface area contributed by atoms with Crippen LogP contribution in [0.5, 0.6) is 0 Å². The Morgan fingerprint density at radius 3 is 2.10 bits per heavy atom. The molecule has 0 fully saturated rings. The van der Waals surface area contributed by atoms with Crippen LogP contribution in [0.4, 0.5) is 5.69 Å². The molecule has 2 aromatic rings. The van der Waals surface area contributed by atoms with Gasteiger partial charge in [0.2, 0.25) is 17.7 Å². The average molecular weight is 662 g/mol. The third-order valence-corrected chi connectivity index (χ3v) is 7.77. The normalized spacial score (nSPS) is 13.7. The number of carbonyl (C=O) groups is 6. The van der Waals surface area contributed by atoms with E-state index in [0.717, 1.165) is 11.1 Å². The number of ether oxygens (including phenoxy) is 1. The van der Waals surface area contributed by atoms with E-state index >= 15 is 0 Å². The van der Waals surface area contributed by atoms with Crippen LogP contribution in [0.2, 0.25) is 0 Å². The maximum atomic E-state index is 13.6. The molecule has 0 aromatic heterocycles. The van der Waals surface area contributed by atoms with Crippen molar-refractivity contribution in [2.24, 2.45) is 11.7 Å². The van der Waals surface area contributed by atoms with Gasteiger partial charge < -0.3 is 26.4 Å². The molecule has 48 heavy (non-hydrogen) atoms. The molecule has 1 heterocycles. The molecule has 5 N–H and O–H groups in total. The van der Waals surface area contributed by atoms with E-state index in [2.05, 4.69) is 16.0 Å². The molecule has 3 rings (SSSR count). The number of anilines is 1. The summed E-state index contributed by atoms with van der Waals surface area (Å²) in [6.45, 7) is 4.37. The van der Waals surface area contributed by atoms with E-state index in [4.69, 9.17) is 10.5 Å². The Labute approximate surface area is 281 Å². The van der Waals surface area contributed by atoms with Crippen LogP contribution < -0.4 is 21.7 Å². The fourth-order valence-corrected chi connectivity index (χ4v) is 4.98. The minimum absolute atomic E-state index is 0.121. The highest BCUT2D eigenvalue weighted by molar-refractivity contribution is 6.12. The third kappa shape index (κ3) is 12.7. The lowest BCUT2D eigenvalue weighted by Crippen LogP contribution is -2.53. The molecule has 0 saturated carbocycles. The Morgan fingerprint density at radius 1 is 0.771 bits per heavy atom. The molecule has 1 aliphatic heterocycles. The number of nitrogens with two attached hydrogens (primary N) is 1. The first-order chi connectivity index (χ1) is 23.1. The van der Waals surface area contributed by atoms with Crippen LogP contribution in [-0.2, 0) is 46.5 Å². The van der Waals surface area contributed by atoms with Gasteiger partial charge in [-0.1, -0.05) is 62.7 Å². The fourth-order valence-electron chi connectivity index (χ4n) is 4.98. The molecular formula is C36H47N5O7. The van der Waals surface area contributed by atoms with E-state index < -0.39 is 23.9 Å². The van der Waals surface area contributed by atoms with Crippen LogP contribution in [0.1, 0.15) is 69.9 Å². The molecule has 1 unspecified atom stereocenters. The Kier molecular flexibility index (Phi) is 15.5. The van der Waals surface area contributed by atoms with Gasteiger partial charge in [-0.15, -0.1) is 0 Å². The van der Waals surface area contributed by atoms with E-state index in [-0.39, 0.29) is 55.6 Å². The summed E-state index contributed by atoms with van der Waals surface area (Å²) in [5.41, 5.74) is 7.80. The third-order valence-electron chi connectivity index (χ3n) is 7.77. The summed E-state index contributed by atoms with van der Waals surface area (Å²) in [7, 11) is 0. The fraction of sp³-hybridized carbons (Fsp3) is 0.444. The van der Waals surface area contributed by atoms with Crippen molar-refractivity contribution in [1.29, 1.82) is 0 Å². The van der Waals surface area contributed by atoms with Crippen molar-refractivity contribution >= 4 is 41.2 Å². The summed E-state index contributed by atoms with van der Waals surface area (Å²) in [6.07, 6.45) is 6.19. The van der Waals surface area contributed by atoms with Crippen LogP contribution in [0.15, 0.2) is 66.7 Å². The Bertz CT molecular complexity index is 1410. The second-order valence-electron chi connectivity index (χ2n) is 12.1. The van der Waals surface area contributed by atoms with E-state index in [1.807, 2.05) is 30.3 Å². The lowest BCUT2D eigenvalue weighted by atomic mass is 10.0. The molecule has 0 aliphatic carbocycles. The molecule has 12 heteroatoms. The van der Waals surface area contributed by atoms with Crippen LogP contribution >= 0.6 is 0 Å². The van der Waals surface area contributed by atoms with Crippen molar-refractivity contribution in [3.63, 3.8) is 0 Å². The van der Waals surface area contributed by atoms with Crippen LogP contribution in [0.25, 0.3) is 0 Å². The second-order valence-corrected chi connectivity index (χ2v) is 12.1. The number of nitrogens with one attached hydrogen (secondary N) is 3. The Balaban J connectivity index is 1.60. The number of rotatable bonds is 20. The smallest absolute Gasteiger partial charge is 0.308 e. The molecular weight excluding hydrogens is 614 g/mol. The van der Waals surface area contributed by atoms with E-state index in [1.54, 1.807) is 38.1 Å². The van der Waals surface area contributed by atoms with Crippen molar-refractivity contribution in [3.05, 3.63) is 77.9 Å². The standard InChI is InChI=1S/C36H47N5O7/c1-25(2)36(47)48-24-27-15-17-28(18-16-27)38-34(45)29(13-8-9-21-37)40-35(46)30(23-26-11-5-3-6-12-26)39-31(42)14-7-4-10-22-41-32(43)19-20-33(41)44/h3,5-6,11-12,15-20,25,29-30H,4,7-10,13-14,21-24,37H2,1-2H3,(H,38,45)(H,39,42)(H,40,46)/t29-,30?/m0/s1. The summed E-state index contributed by atoms with van der Waals surface area (Å²) >= 11 is 0. The van der Waals surface area contributed by atoms with Gasteiger partial charge in [-0.05, 0) is 61.9 Å². The average Bonchev–Trinajstić information content (AvgIpc) is 3.39. The first-order valence-corrected chi connectivity index (χ1v) is 16.5. The van der Waals surface area contributed by atoms with Crippen molar-refractivity contribution in [1.82, 2.24) is 15.5 Å². The molecule has 1 aliphatic rings. The summed E-state index contributed by atoms with van der Waals surface area (Å²) in [5.74, 6) is -2.40. The predicted molar refractivity (Wildman–Crippen MR) is 181 cm³/mol. The van der Waals surface area contributed by atoms with Gasteiger partial charge in [0.25, 0.3) is 11.8 Å². The highest BCUT2D eigenvalue weighted by atomic mass is 16.5. The first kappa shape index (κ1) is 37.6. The van der Waals surface area contributed by atoms with E-state index in [1.165, 1.54) is 17.1 Å². The summed E-state index contributed by atoms with van der Waals surface area (Å²) in [4.78, 5) is 76.4. The minimum Gasteiger partial charge on any atom is -0.461 e. The molecule has 0 spiro atoms. The SMILES string of the molecule is CC(C)C(=O)OCc1ccc(NC(=O)[C@H](CCCCN)NC(=O)C(Cc2ccccc2)NC(=O)CCCCCN2C(=O)C=CC2=O)cc1. The van der Waals surface area contributed by atoms with Gasteiger partial charge in [0, 0.05) is 37.2 Å². The molecule has 12 nitrogen and oxygen atoms in total. The lowest BCUT2D eigenvalue weighted by Gasteiger charge is -2.23. The monoisotopic (exact) mass is 661 g/mol. The molecule has 0 bridgehead atoms. The minimum atomic E-state index is -0.927. The van der Waals surface area contributed by atoms with E-state index in [0.29, 0.717) is 50.8 Å². The quantitative estimate of drug-likeness (QED) is 0.0950. The van der Waals surface area contributed by atoms with Gasteiger partial charge in [0.1, 0.15) is 18.7 Å². The largest absolute Gasteiger partial charge is 0.461 e. The van der Waals surface area contributed by atoms with Gasteiger partial charge in [-0.3, -0.25) is 33.7 Å². The van der Waals surface area contributed by atoms with E-state index in [9.17, 15) is 28.8 Å². The number of nitrogens with zero attached hydrogens (tertiary/aromatic N) is 1. The molecule has 5 amide bonds. The zero-order valence-corrected chi connectivity index (χ0v) is 27.7. The Morgan fingerprint density at radius 2 is 1.46 bits per heavy atom. The number of hydrogen-bond donors (Lipinski definition) is 4. The number of amides is 5. The summed E-state index contributed by atoms with van der Waals surface area (Å²) < 4.78 is 5.26. The molecule has 2 atom stereocenters. The zero-order valence-electron chi connectivity index (χ0n) is 27.7. The van der Waals surface area contributed by atoms with Gasteiger partial charge in [-0.25, -0.2) is 0 Å². The highest BCUT2D eigenvalue weighted by Gasteiger charge is 2.27. The van der Waals surface area contributed by atoms with Crippen LogP contribution in [-0.4, -0.2) is 65.6 Å². The van der Waals surface area contributed by atoms with Gasteiger partial charge in [-0.2, -0.15) is 0 Å². The van der Waals surface area contributed by atoms with Crippen LogP contribution in [0, 0.1) is 5.92 Å². The molecule has 0 radical (unpaired) electrons. The zero-order chi connectivity index (χ0) is 34.9. The van der Waals surface area contributed by atoms with Crippen molar-refractivity contribution in [3.8, 4) is 0 Å². The van der Waals surface area contributed by atoms with Crippen LogP contribution in [0.3, 0.4) is 0 Å². The summed E-state index contributed by atoms with van der Waals surface area (Å²) in [6, 6.07) is 14.4. The predicted octanol–water partition coefficient (Wildman–Crippen LogP) is 3.15. The maximum Gasteiger partial charge on any atom is 0.308 e. The number of unbranched alkanes of at least 4 members (excludes halogenated alkanes) is 3.